The van der Waals surface area contributed by atoms with Crippen molar-refractivity contribution >= 4 is 11.9 Å². The number of benzene rings is 1. The molecule has 1 aromatic rings. The van der Waals surface area contributed by atoms with Gasteiger partial charge >= 0.3 is 5.97 Å². The molecule has 5 heteroatoms. The highest BCUT2D eigenvalue weighted by atomic mass is 16.4. The fourth-order valence-electron chi connectivity index (χ4n) is 2.40. The molecule has 0 saturated heterocycles. The number of aliphatic carboxylic acids is 1. The van der Waals surface area contributed by atoms with Crippen LogP contribution in [0, 0.1) is 0 Å². The Kier molecular flexibility index (Phi) is 3.34. The third-order valence-electron chi connectivity index (χ3n) is 3.44. The molecule has 0 heterocycles. The number of nitrogens with one attached hydrogen (secondary N) is 1. The number of carboxylic acid groups (broad SMARTS) is 1. The summed E-state index contributed by atoms with van der Waals surface area (Å²) in [5.41, 5.74) is 6.18. The summed E-state index contributed by atoms with van der Waals surface area (Å²) in [7, 11) is 0. The number of hydrogen-bond donors (Lipinski definition) is 3. The Bertz CT molecular complexity index is 487. The van der Waals surface area contributed by atoms with Crippen molar-refractivity contribution in [3.63, 3.8) is 0 Å². The molecule has 4 N–H and O–H groups in total. The smallest absolute Gasteiger partial charge is 0.324 e. The van der Waals surface area contributed by atoms with Crippen LogP contribution in [0.5, 0.6) is 0 Å². The molecule has 1 aromatic carbocycles. The van der Waals surface area contributed by atoms with Crippen LogP contribution in [0.2, 0.25) is 0 Å². The predicted molar refractivity (Wildman–Crippen MR) is 66.0 cm³/mol. The minimum Gasteiger partial charge on any atom is -0.480 e. The first-order valence-electron chi connectivity index (χ1n) is 5.87. The Morgan fingerprint density at radius 1 is 1.33 bits per heavy atom. The van der Waals surface area contributed by atoms with Crippen molar-refractivity contribution in [1.82, 2.24) is 5.32 Å². The summed E-state index contributed by atoms with van der Waals surface area (Å²) in [6.07, 6.45) is 1.53. The van der Waals surface area contributed by atoms with Crippen molar-refractivity contribution in [3.05, 3.63) is 35.4 Å². The van der Waals surface area contributed by atoms with E-state index in [1.165, 1.54) is 5.56 Å². The van der Waals surface area contributed by atoms with E-state index in [0.717, 1.165) is 5.56 Å². The fraction of sp³-hybridized carbons (Fsp3) is 0.385. The number of fused-ring (bicyclic) bond motifs is 1. The van der Waals surface area contributed by atoms with E-state index >= 15 is 0 Å². The Morgan fingerprint density at radius 3 is 2.61 bits per heavy atom. The Balaban J connectivity index is 2.24. The molecular formula is C13H16N2O3. The molecule has 1 amide bonds. The Morgan fingerprint density at radius 2 is 2.00 bits per heavy atom. The van der Waals surface area contributed by atoms with E-state index in [2.05, 4.69) is 5.32 Å². The van der Waals surface area contributed by atoms with Crippen LogP contribution in [-0.2, 0) is 22.4 Å². The zero-order valence-electron chi connectivity index (χ0n) is 9.98. The van der Waals surface area contributed by atoms with Crippen LogP contribution in [0.25, 0.3) is 0 Å². The van der Waals surface area contributed by atoms with Crippen LogP contribution in [-0.4, -0.2) is 29.1 Å². The van der Waals surface area contributed by atoms with E-state index in [1.54, 1.807) is 0 Å². The molecule has 0 saturated carbocycles. The molecule has 2 rings (SSSR count). The first-order valence-corrected chi connectivity index (χ1v) is 5.87. The van der Waals surface area contributed by atoms with Crippen LogP contribution in [0.3, 0.4) is 0 Å². The standard InChI is InChI=1S/C13H16N2O3/c14-11(16)8-15-13(12(17)18)6-5-9-3-1-2-4-10(9)7-13/h1-4,15H,5-8H2,(H2,14,16)(H,17,18). The molecule has 0 radical (unpaired) electrons. The van der Waals surface area contributed by atoms with E-state index in [0.29, 0.717) is 19.3 Å². The second kappa shape index (κ2) is 4.78. The van der Waals surface area contributed by atoms with Gasteiger partial charge in [-0.25, -0.2) is 0 Å². The van der Waals surface area contributed by atoms with Gasteiger partial charge in [-0.1, -0.05) is 24.3 Å². The van der Waals surface area contributed by atoms with E-state index in [-0.39, 0.29) is 6.54 Å². The molecule has 0 spiro atoms. The highest BCUT2D eigenvalue weighted by molar-refractivity contribution is 5.82. The van der Waals surface area contributed by atoms with Crippen molar-refractivity contribution < 1.29 is 14.7 Å². The van der Waals surface area contributed by atoms with E-state index in [9.17, 15) is 14.7 Å². The highest BCUT2D eigenvalue weighted by Gasteiger charge is 2.41. The molecule has 0 aliphatic heterocycles. The predicted octanol–water partition coefficient (Wildman–Crippen LogP) is 0.0736. The normalized spacial score (nSPS) is 22.2. The number of nitrogens with two attached hydrogens (primary N) is 1. The third-order valence-corrected chi connectivity index (χ3v) is 3.44. The highest BCUT2D eigenvalue weighted by Crippen LogP contribution is 2.28. The van der Waals surface area contributed by atoms with Gasteiger partial charge in [0.1, 0.15) is 5.54 Å². The van der Waals surface area contributed by atoms with Gasteiger partial charge in [-0.15, -0.1) is 0 Å². The summed E-state index contributed by atoms with van der Waals surface area (Å²) < 4.78 is 0. The summed E-state index contributed by atoms with van der Waals surface area (Å²) >= 11 is 0. The molecule has 0 fully saturated rings. The van der Waals surface area contributed by atoms with Crippen molar-refractivity contribution in [2.24, 2.45) is 5.73 Å². The average Bonchev–Trinajstić information content (AvgIpc) is 2.36. The van der Waals surface area contributed by atoms with Gasteiger partial charge < -0.3 is 10.8 Å². The van der Waals surface area contributed by atoms with Gasteiger partial charge in [-0.2, -0.15) is 0 Å². The zero-order valence-corrected chi connectivity index (χ0v) is 9.98. The quantitative estimate of drug-likeness (QED) is 0.703. The lowest BCUT2D eigenvalue weighted by molar-refractivity contribution is -0.145. The number of amides is 1. The number of carbonyl (C=O) groups excluding carboxylic acids is 1. The van der Waals surface area contributed by atoms with Gasteiger partial charge in [0.05, 0.1) is 6.54 Å². The molecule has 96 valence electrons. The van der Waals surface area contributed by atoms with Crippen LogP contribution < -0.4 is 11.1 Å². The second-order valence-electron chi connectivity index (χ2n) is 4.65. The lowest BCUT2D eigenvalue weighted by atomic mass is 9.78. The molecule has 1 aliphatic carbocycles. The molecule has 1 unspecified atom stereocenters. The summed E-state index contributed by atoms with van der Waals surface area (Å²) in [4.78, 5) is 22.3. The van der Waals surface area contributed by atoms with Gasteiger partial charge in [0.2, 0.25) is 5.91 Å². The van der Waals surface area contributed by atoms with Crippen LogP contribution in [0.15, 0.2) is 24.3 Å². The molecule has 0 aromatic heterocycles. The van der Waals surface area contributed by atoms with Crippen LogP contribution in [0.4, 0.5) is 0 Å². The molecule has 5 nitrogen and oxygen atoms in total. The number of primary amides is 1. The number of rotatable bonds is 4. The maximum absolute atomic E-state index is 11.5. The van der Waals surface area contributed by atoms with E-state index in [1.807, 2.05) is 24.3 Å². The summed E-state index contributed by atoms with van der Waals surface area (Å²) in [6, 6.07) is 7.78. The van der Waals surface area contributed by atoms with Gasteiger partial charge in [-0.3, -0.25) is 14.9 Å². The van der Waals surface area contributed by atoms with Crippen LogP contribution >= 0.6 is 0 Å². The molecule has 18 heavy (non-hydrogen) atoms. The Hall–Kier alpha value is -1.88. The average molecular weight is 248 g/mol. The van der Waals surface area contributed by atoms with Gasteiger partial charge in [0, 0.05) is 6.42 Å². The summed E-state index contributed by atoms with van der Waals surface area (Å²) in [5, 5.41) is 12.2. The van der Waals surface area contributed by atoms with Crippen molar-refractivity contribution in [2.75, 3.05) is 6.54 Å². The van der Waals surface area contributed by atoms with Crippen molar-refractivity contribution in [3.8, 4) is 0 Å². The van der Waals surface area contributed by atoms with Crippen molar-refractivity contribution in [1.29, 1.82) is 0 Å². The maximum Gasteiger partial charge on any atom is 0.324 e. The van der Waals surface area contributed by atoms with Crippen LogP contribution in [0.1, 0.15) is 17.5 Å². The van der Waals surface area contributed by atoms with Gasteiger partial charge in [-0.05, 0) is 24.0 Å². The number of hydrogen-bond acceptors (Lipinski definition) is 3. The summed E-state index contributed by atoms with van der Waals surface area (Å²) in [6.45, 7) is -0.117. The first kappa shape index (κ1) is 12.6. The van der Waals surface area contributed by atoms with E-state index < -0.39 is 17.4 Å². The SMILES string of the molecule is NC(=O)CNC1(C(=O)O)CCc2ccccc2C1. The van der Waals surface area contributed by atoms with Crippen molar-refractivity contribution in [2.45, 2.75) is 24.8 Å². The molecule has 1 atom stereocenters. The zero-order chi connectivity index (χ0) is 13.2. The molecule has 0 bridgehead atoms. The molecular weight excluding hydrogens is 232 g/mol. The van der Waals surface area contributed by atoms with Gasteiger partial charge in [0.25, 0.3) is 0 Å². The first-order chi connectivity index (χ1) is 8.53. The fourth-order valence-corrected chi connectivity index (χ4v) is 2.40. The number of carboxylic acids is 1. The monoisotopic (exact) mass is 248 g/mol. The topological polar surface area (TPSA) is 92.4 Å². The minimum atomic E-state index is -1.08. The molecule has 1 aliphatic rings. The second-order valence-corrected chi connectivity index (χ2v) is 4.65. The largest absolute Gasteiger partial charge is 0.480 e. The lowest BCUT2D eigenvalue weighted by Gasteiger charge is -2.35. The van der Waals surface area contributed by atoms with E-state index in [4.69, 9.17) is 5.73 Å². The third kappa shape index (κ3) is 2.36. The number of aryl methyl sites for hydroxylation is 1. The number of carbonyl (C=O) groups is 2. The lowest BCUT2D eigenvalue weighted by Crippen LogP contribution is -2.57. The maximum atomic E-state index is 11.5. The van der Waals surface area contributed by atoms with Gasteiger partial charge in [0.15, 0.2) is 0 Å². The minimum absolute atomic E-state index is 0.117. The Labute approximate surface area is 105 Å². The summed E-state index contributed by atoms with van der Waals surface area (Å²) in [5.74, 6) is -1.48.